The van der Waals surface area contributed by atoms with E-state index in [4.69, 9.17) is 0 Å². The molecule has 2 heterocycles. The van der Waals surface area contributed by atoms with Crippen molar-refractivity contribution in [1.82, 2.24) is 9.80 Å². The van der Waals surface area contributed by atoms with Crippen LogP contribution in [-0.4, -0.2) is 53.5 Å². The minimum atomic E-state index is -0.476. The first kappa shape index (κ1) is 17.1. The molecule has 1 aliphatic rings. The Morgan fingerprint density at radius 2 is 1.83 bits per heavy atom. The number of carbonyl (C=O) groups excluding carboxylic acids is 1. The van der Waals surface area contributed by atoms with Crippen LogP contribution >= 0.6 is 11.3 Å². The van der Waals surface area contributed by atoms with Crippen molar-refractivity contribution in [1.29, 1.82) is 0 Å². The van der Waals surface area contributed by atoms with Gasteiger partial charge in [-0.3, -0.25) is 9.69 Å². The fraction of sp³-hybridized carbons (Fsp3) is 0.421. The van der Waals surface area contributed by atoms with Gasteiger partial charge in [-0.1, -0.05) is 30.3 Å². The molecule has 1 saturated heterocycles. The van der Waals surface area contributed by atoms with Crippen LogP contribution in [0.15, 0.2) is 36.4 Å². The van der Waals surface area contributed by atoms with E-state index < -0.39 is 6.10 Å². The molecule has 0 aliphatic carbocycles. The zero-order valence-corrected chi connectivity index (χ0v) is 15.1. The second-order valence-corrected chi connectivity index (χ2v) is 7.63. The van der Waals surface area contributed by atoms with E-state index >= 15 is 0 Å². The molecule has 0 saturated carbocycles. The molecule has 1 amide bonds. The average molecular weight is 344 g/mol. The van der Waals surface area contributed by atoms with E-state index in [0.29, 0.717) is 6.54 Å². The molecule has 1 unspecified atom stereocenters. The van der Waals surface area contributed by atoms with Crippen LogP contribution in [0.1, 0.15) is 31.8 Å². The van der Waals surface area contributed by atoms with E-state index in [2.05, 4.69) is 11.8 Å². The Morgan fingerprint density at radius 3 is 2.42 bits per heavy atom. The fourth-order valence-corrected chi connectivity index (χ4v) is 3.99. The van der Waals surface area contributed by atoms with Crippen molar-refractivity contribution in [3.8, 4) is 0 Å². The van der Waals surface area contributed by atoms with Gasteiger partial charge in [0.1, 0.15) is 0 Å². The number of nitrogens with zero attached hydrogens (tertiary/aromatic N) is 2. The van der Waals surface area contributed by atoms with Gasteiger partial charge in [-0.25, -0.2) is 0 Å². The van der Waals surface area contributed by atoms with Crippen LogP contribution < -0.4 is 0 Å². The number of amides is 1. The molecule has 1 atom stereocenters. The van der Waals surface area contributed by atoms with Crippen LogP contribution in [0.3, 0.4) is 0 Å². The molecule has 1 aliphatic heterocycles. The van der Waals surface area contributed by atoms with Gasteiger partial charge in [-0.05, 0) is 31.0 Å². The van der Waals surface area contributed by atoms with Gasteiger partial charge in [-0.2, -0.15) is 0 Å². The number of piperazine rings is 1. The summed E-state index contributed by atoms with van der Waals surface area (Å²) in [4.78, 5) is 18.8. The molecule has 128 valence electrons. The number of aliphatic hydroxyl groups is 1. The third-order valence-electron chi connectivity index (χ3n) is 4.65. The molecule has 0 radical (unpaired) electrons. The standard InChI is InChI=1S/C19H24N2O2S/c1-14-12-18(24-15(14)2)19(23)21-10-8-20(9-11-21)13-17(22)16-6-4-3-5-7-16/h3-7,12,17,22H,8-11,13H2,1-2H3. The number of β-amino-alcohol motifs (C(OH)–C–C–N with tert-alkyl or cyclic N) is 1. The predicted molar refractivity (Wildman–Crippen MR) is 97.5 cm³/mol. The maximum atomic E-state index is 12.6. The number of hydrogen-bond acceptors (Lipinski definition) is 4. The molecule has 1 aromatic heterocycles. The maximum absolute atomic E-state index is 12.6. The monoisotopic (exact) mass is 344 g/mol. The van der Waals surface area contributed by atoms with Gasteiger partial charge < -0.3 is 10.0 Å². The van der Waals surface area contributed by atoms with Crippen molar-refractivity contribution < 1.29 is 9.90 Å². The summed E-state index contributed by atoms with van der Waals surface area (Å²) >= 11 is 1.58. The smallest absolute Gasteiger partial charge is 0.264 e. The molecule has 1 aromatic carbocycles. The zero-order valence-electron chi connectivity index (χ0n) is 14.2. The van der Waals surface area contributed by atoms with Crippen LogP contribution in [0.2, 0.25) is 0 Å². The molecule has 5 heteroatoms. The minimum absolute atomic E-state index is 0.138. The fourth-order valence-electron chi connectivity index (χ4n) is 2.99. The highest BCUT2D eigenvalue weighted by atomic mass is 32.1. The Kier molecular flexibility index (Phi) is 5.33. The summed E-state index contributed by atoms with van der Waals surface area (Å²) in [7, 11) is 0. The van der Waals surface area contributed by atoms with Gasteiger partial charge in [0.15, 0.2) is 0 Å². The van der Waals surface area contributed by atoms with Crippen LogP contribution in [-0.2, 0) is 0 Å². The number of aliphatic hydroxyl groups excluding tert-OH is 1. The Balaban J connectivity index is 1.53. The summed E-state index contributed by atoms with van der Waals surface area (Å²) in [6.45, 7) is 7.76. The first-order valence-corrected chi connectivity index (χ1v) is 9.18. The van der Waals surface area contributed by atoms with Crippen LogP contribution in [0, 0.1) is 13.8 Å². The summed E-state index contributed by atoms with van der Waals surface area (Å²) in [5, 5.41) is 10.3. The molecule has 24 heavy (non-hydrogen) atoms. The van der Waals surface area contributed by atoms with Gasteiger partial charge in [0.05, 0.1) is 11.0 Å². The Morgan fingerprint density at radius 1 is 1.17 bits per heavy atom. The quantitative estimate of drug-likeness (QED) is 0.927. The Labute approximate surface area is 147 Å². The first-order chi connectivity index (χ1) is 11.5. The summed E-state index contributed by atoms with van der Waals surface area (Å²) in [6, 6.07) is 11.7. The highest BCUT2D eigenvalue weighted by Crippen LogP contribution is 2.23. The van der Waals surface area contributed by atoms with Crippen molar-refractivity contribution in [2.75, 3.05) is 32.7 Å². The van der Waals surface area contributed by atoms with Crippen molar-refractivity contribution in [2.45, 2.75) is 20.0 Å². The highest BCUT2D eigenvalue weighted by Gasteiger charge is 2.24. The van der Waals surface area contributed by atoms with E-state index in [9.17, 15) is 9.90 Å². The molecule has 4 nitrogen and oxygen atoms in total. The van der Waals surface area contributed by atoms with Crippen molar-refractivity contribution >= 4 is 17.2 Å². The number of benzene rings is 1. The molecular weight excluding hydrogens is 320 g/mol. The Hall–Kier alpha value is -1.69. The number of thiophene rings is 1. The van der Waals surface area contributed by atoms with Gasteiger partial charge in [0.25, 0.3) is 5.91 Å². The molecule has 3 rings (SSSR count). The minimum Gasteiger partial charge on any atom is -0.387 e. The third kappa shape index (κ3) is 3.86. The molecule has 0 bridgehead atoms. The van der Waals surface area contributed by atoms with E-state index in [-0.39, 0.29) is 5.91 Å². The lowest BCUT2D eigenvalue weighted by Crippen LogP contribution is -2.49. The number of carbonyl (C=O) groups is 1. The predicted octanol–water partition coefficient (Wildman–Crippen LogP) is 2.86. The van der Waals surface area contributed by atoms with E-state index in [1.54, 1.807) is 11.3 Å². The molecule has 0 spiro atoms. The van der Waals surface area contributed by atoms with Crippen LogP contribution in [0.5, 0.6) is 0 Å². The number of hydrogen-bond donors (Lipinski definition) is 1. The van der Waals surface area contributed by atoms with Gasteiger partial charge in [0, 0.05) is 37.6 Å². The second-order valence-electron chi connectivity index (χ2n) is 6.37. The van der Waals surface area contributed by atoms with Crippen molar-refractivity contribution in [3.05, 3.63) is 57.3 Å². The van der Waals surface area contributed by atoms with Crippen molar-refractivity contribution in [3.63, 3.8) is 0 Å². The van der Waals surface area contributed by atoms with E-state index in [0.717, 1.165) is 36.6 Å². The largest absolute Gasteiger partial charge is 0.387 e. The maximum Gasteiger partial charge on any atom is 0.264 e. The normalized spacial score (nSPS) is 17.0. The van der Waals surface area contributed by atoms with Gasteiger partial charge in [0.2, 0.25) is 0 Å². The summed E-state index contributed by atoms with van der Waals surface area (Å²) in [6.07, 6.45) is -0.476. The summed E-state index contributed by atoms with van der Waals surface area (Å²) in [5.74, 6) is 0.138. The molecule has 1 fully saturated rings. The lowest BCUT2D eigenvalue weighted by Gasteiger charge is -2.35. The lowest BCUT2D eigenvalue weighted by atomic mass is 10.1. The highest BCUT2D eigenvalue weighted by molar-refractivity contribution is 7.14. The summed E-state index contributed by atoms with van der Waals surface area (Å²) < 4.78 is 0. The second kappa shape index (κ2) is 7.47. The van der Waals surface area contributed by atoms with E-state index in [1.165, 1.54) is 10.4 Å². The topological polar surface area (TPSA) is 43.8 Å². The molecule has 1 N–H and O–H groups in total. The van der Waals surface area contributed by atoms with Crippen LogP contribution in [0.25, 0.3) is 0 Å². The number of rotatable bonds is 4. The Bertz CT molecular complexity index is 671. The van der Waals surface area contributed by atoms with E-state index in [1.807, 2.05) is 48.2 Å². The lowest BCUT2D eigenvalue weighted by molar-refractivity contribution is 0.0531. The average Bonchev–Trinajstić information content (AvgIpc) is 2.95. The third-order valence-corrected chi connectivity index (χ3v) is 5.79. The summed E-state index contributed by atoms with van der Waals surface area (Å²) in [5.41, 5.74) is 2.13. The van der Waals surface area contributed by atoms with Crippen molar-refractivity contribution in [2.24, 2.45) is 0 Å². The van der Waals surface area contributed by atoms with Gasteiger partial charge >= 0.3 is 0 Å². The molecular formula is C19H24N2O2S. The molecule has 2 aromatic rings. The SMILES string of the molecule is Cc1cc(C(=O)N2CCN(CC(O)c3ccccc3)CC2)sc1C. The number of aryl methyl sites for hydroxylation is 2. The first-order valence-electron chi connectivity index (χ1n) is 8.36. The van der Waals surface area contributed by atoms with Crippen LogP contribution in [0.4, 0.5) is 0 Å². The zero-order chi connectivity index (χ0) is 17.1. The van der Waals surface area contributed by atoms with Gasteiger partial charge in [-0.15, -0.1) is 11.3 Å².